The molecule has 1 heterocycles. The Hall–Kier alpha value is -2.18. The fraction of sp³-hybridized carbons (Fsp3) is 0.480. The van der Waals surface area contributed by atoms with Gasteiger partial charge in [0.1, 0.15) is 0 Å². The van der Waals surface area contributed by atoms with Crippen LogP contribution in [0.2, 0.25) is 0 Å². The second kappa shape index (κ2) is 9.96. The average molecular weight is 443 g/mol. The van der Waals surface area contributed by atoms with Crippen molar-refractivity contribution >= 4 is 15.9 Å². The number of carbonyl (C=O) groups is 1. The Balaban J connectivity index is 1.60. The van der Waals surface area contributed by atoms with E-state index in [2.05, 4.69) is 38.2 Å². The summed E-state index contributed by atoms with van der Waals surface area (Å²) >= 11 is 0. The van der Waals surface area contributed by atoms with Crippen LogP contribution in [-0.4, -0.2) is 31.7 Å². The van der Waals surface area contributed by atoms with E-state index in [0.29, 0.717) is 25.9 Å². The number of hydrogen-bond acceptors (Lipinski definition) is 3. The van der Waals surface area contributed by atoms with Crippen LogP contribution in [0.4, 0.5) is 0 Å². The molecule has 0 aliphatic carbocycles. The lowest BCUT2D eigenvalue weighted by Gasteiger charge is -2.33. The molecule has 0 spiro atoms. The number of nitrogens with one attached hydrogen (secondary N) is 1. The SMILES string of the molecule is CC(C)(C)CC(NC(=O)C1CCN(S(=O)(=O)Cc2ccccc2)CC1)c1ccccc1. The molecule has 2 aromatic rings. The highest BCUT2D eigenvalue weighted by molar-refractivity contribution is 7.88. The molecule has 1 unspecified atom stereocenters. The third-order valence-electron chi connectivity index (χ3n) is 5.74. The lowest BCUT2D eigenvalue weighted by Crippen LogP contribution is -2.44. The molecule has 2 aromatic carbocycles. The highest BCUT2D eigenvalue weighted by Gasteiger charge is 2.32. The van der Waals surface area contributed by atoms with E-state index in [1.54, 1.807) is 0 Å². The van der Waals surface area contributed by atoms with Crippen molar-refractivity contribution in [3.63, 3.8) is 0 Å². The zero-order chi connectivity index (χ0) is 22.5. The van der Waals surface area contributed by atoms with Gasteiger partial charge in [0.2, 0.25) is 15.9 Å². The van der Waals surface area contributed by atoms with E-state index in [4.69, 9.17) is 0 Å². The Kier molecular flexibility index (Phi) is 7.55. The maximum atomic E-state index is 13.0. The summed E-state index contributed by atoms with van der Waals surface area (Å²) in [7, 11) is -3.37. The van der Waals surface area contributed by atoms with Crippen molar-refractivity contribution in [1.82, 2.24) is 9.62 Å². The highest BCUT2D eigenvalue weighted by Crippen LogP contribution is 2.30. The Morgan fingerprint density at radius 1 is 1.00 bits per heavy atom. The maximum absolute atomic E-state index is 13.0. The first kappa shape index (κ1) is 23.5. The molecule has 1 fully saturated rings. The minimum absolute atomic E-state index is 0.00632. The summed E-state index contributed by atoms with van der Waals surface area (Å²) in [5.41, 5.74) is 1.96. The lowest BCUT2D eigenvalue weighted by molar-refractivity contribution is -0.127. The number of carbonyl (C=O) groups excluding carboxylic acids is 1. The second-order valence-corrected chi connectivity index (χ2v) is 11.6. The van der Waals surface area contributed by atoms with Gasteiger partial charge in [-0.05, 0) is 35.8 Å². The van der Waals surface area contributed by atoms with E-state index < -0.39 is 10.0 Å². The lowest BCUT2D eigenvalue weighted by atomic mass is 9.85. The summed E-state index contributed by atoms with van der Waals surface area (Å²) in [6.45, 7) is 7.30. The van der Waals surface area contributed by atoms with E-state index in [0.717, 1.165) is 17.5 Å². The molecule has 1 saturated heterocycles. The number of amides is 1. The molecule has 3 rings (SSSR count). The largest absolute Gasteiger partial charge is 0.349 e. The number of sulfonamides is 1. The Morgan fingerprint density at radius 3 is 2.10 bits per heavy atom. The van der Waals surface area contributed by atoms with Crippen LogP contribution in [0.3, 0.4) is 0 Å². The molecule has 1 aliphatic rings. The van der Waals surface area contributed by atoms with Crippen LogP contribution < -0.4 is 5.32 Å². The van der Waals surface area contributed by atoms with E-state index in [1.165, 1.54) is 4.31 Å². The summed E-state index contributed by atoms with van der Waals surface area (Å²) in [6.07, 6.45) is 1.95. The quantitative estimate of drug-likeness (QED) is 0.685. The van der Waals surface area contributed by atoms with Gasteiger partial charge in [-0.3, -0.25) is 4.79 Å². The van der Waals surface area contributed by atoms with Crippen molar-refractivity contribution in [3.8, 4) is 0 Å². The summed E-state index contributed by atoms with van der Waals surface area (Å²) < 4.78 is 27.1. The van der Waals surface area contributed by atoms with Gasteiger partial charge in [-0.15, -0.1) is 0 Å². The van der Waals surface area contributed by atoms with Crippen molar-refractivity contribution in [2.24, 2.45) is 11.3 Å². The van der Waals surface area contributed by atoms with E-state index in [1.807, 2.05) is 48.5 Å². The van der Waals surface area contributed by atoms with Gasteiger partial charge in [0, 0.05) is 19.0 Å². The molecule has 168 valence electrons. The van der Waals surface area contributed by atoms with Gasteiger partial charge in [-0.2, -0.15) is 0 Å². The van der Waals surface area contributed by atoms with Crippen molar-refractivity contribution in [3.05, 3.63) is 71.8 Å². The zero-order valence-corrected chi connectivity index (χ0v) is 19.6. The summed E-state index contributed by atoms with van der Waals surface area (Å²) in [6, 6.07) is 19.3. The van der Waals surface area contributed by atoms with E-state index in [-0.39, 0.29) is 29.0 Å². The molecular formula is C25H34N2O3S. The Labute approximate surface area is 186 Å². The molecule has 1 N–H and O–H groups in total. The first-order valence-corrected chi connectivity index (χ1v) is 12.6. The summed E-state index contributed by atoms with van der Waals surface area (Å²) in [5.74, 6) is -0.126. The van der Waals surface area contributed by atoms with Gasteiger partial charge in [0.15, 0.2) is 0 Å². The first-order valence-electron chi connectivity index (χ1n) is 11.0. The fourth-order valence-corrected chi connectivity index (χ4v) is 5.68. The van der Waals surface area contributed by atoms with Crippen LogP contribution in [0.15, 0.2) is 60.7 Å². The van der Waals surface area contributed by atoms with Crippen LogP contribution in [0.1, 0.15) is 57.2 Å². The zero-order valence-electron chi connectivity index (χ0n) is 18.8. The number of rotatable bonds is 7. The molecule has 0 saturated carbocycles. The highest BCUT2D eigenvalue weighted by atomic mass is 32.2. The third kappa shape index (κ3) is 6.91. The third-order valence-corrected chi connectivity index (χ3v) is 7.59. The molecule has 1 aliphatic heterocycles. The molecule has 6 heteroatoms. The standard InChI is InChI=1S/C25H34N2O3S/c1-25(2,3)18-23(21-12-8-5-9-13-21)26-24(28)22-14-16-27(17-15-22)31(29,30)19-20-10-6-4-7-11-20/h4-13,22-23H,14-19H2,1-3H3,(H,26,28). The average Bonchev–Trinajstić information content (AvgIpc) is 2.73. The van der Waals surface area contributed by atoms with E-state index >= 15 is 0 Å². The molecule has 5 nitrogen and oxygen atoms in total. The minimum Gasteiger partial charge on any atom is -0.349 e. The Bertz CT molecular complexity index is 945. The topological polar surface area (TPSA) is 66.5 Å². The van der Waals surface area contributed by atoms with Crippen LogP contribution in [0.5, 0.6) is 0 Å². The second-order valence-electron chi connectivity index (χ2n) is 9.65. The molecule has 0 radical (unpaired) electrons. The van der Waals surface area contributed by atoms with Crippen LogP contribution >= 0.6 is 0 Å². The van der Waals surface area contributed by atoms with Gasteiger partial charge in [-0.1, -0.05) is 81.4 Å². The fourth-order valence-electron chi connectivity index (χ4n) is 4.11. The number of hydrogen-bond donors (Lipinski definition) is 1. The van der Waals surface area contributed by atoms with Gasteiger partial charge in [-0.25, -0.2) is 12.7 Å². The normalized spacial score (nSPS) is 17.3. The molecule has 0 aromatic heterocycles. The molecule has 31 heavy (non-hydrogen) atoms. The number of benzene rings is 2. The number of nitrogens with zero attached hydrogens (tertiary/aromatic N) is 1. The minimum atomic E-state index is -3.37. The monoisotopic (exact) mass is 442 g/mol. The van der Waals surface area contributed by atoms with Gasteiger partial charge < -0.3 is 5.32 Å². The van der Waals surface area contributed by atoms with E-state index in [9.17, 15) is 13.2 Å². The van der Waals surface area contributed by atoms with Crippen molar-refractivity contribution in [1.29, 1.82) is 0 Å². The molecular weight excluding hydrogens is 408 g/mol. The van der Waals surface area contributed by atoms with Crippen LogP contribution in [0.25, 0.3) is 0 Å². The van der Waals surface area contributed by atoms with Crippen LogP contribution in [0, 0.1) is 11.3 Å². The predicted octanol–water partition coefficient (Wildman–Crippen LogP) is 4.52. The Morgan fingerprint density at radius 2 is 1.55 bits per heavy atom. The van der Waals surface area contributed by atoms with Gasteiger partial charge in [0.25, 0.3) is 0 Å². The van der Waals surface area contributed by atoms with Crippen molar-refractivity contribution < 1.29 is 13.2 Å². The van der Waals surface area contributed by atoms with Gasteiger partial charge >= 0.3 is 0 Å². The summed E-state index contributed by atoms with van der Waals surface area (Å²) in [4.78, 5) is 13.0. The number of piperidine rings is 1. The van der Waals surface area contributed by atoms with Crippen molar-refractivity contribution in [2.75, 3.05) is 13.1 Å². The van der Waals surface area contributed by atoms with Crippen LogP contribution in [-0.2, 0) is 20.6 Å². The van der Waals surface area contributed by atoms with Gasteiger partial charge in [0.05, 0.1) is 11.8 Å². The summed E-state index contributed by atoms with van der Waals surface area (Å²) in [5, 5.41) is 3.25. The predicted molar refractivity (Wildman–Crippen MR) is 125 cm³/mol. The molecule has 0 bridgehead atoms. The smallest absolute Gasteiger partial charge is 0.223 e. The van der Waals surface area contributed by atoms with Crippen molar-refractivity contribution in [2.45, 2.75) is 51.8 Å². The molecule has 1 atom stereocenters. The molecule has 1 amide bonds. The maximum Gasteiger partial charge on any atom is 0.223 e. The first-order chi connectivity index (χ1) is 14.6.